The molecular formula is C13H13N5O2S3. The largest absolute Gasteiger partial charge is 0.300 e. The minimum absolute atomic E-state index is 0.160. The predicted octanol–water partition coefficient (Wildman–Crippen LogP) is 2.12. The van der Waals surface area contributed by atoms with Crippen molar-refractivity contribution in [3.05, 3.63) is 16.0 Å². The molecule has 1 N–H and O–H groups in total. The predicted molar refractivity (Wildman–Crippen MR) is 95.3 cm³/mol. The van der Waals surface area contributed by atoms with E-state index in [-0.39, 0.29) is 23.5 Å². The highest BCUT2D eigenvalue weighted by molar-refractivity contribution is 8.17. The molecule has 0 aromatic carbocycles. The minimum Gasteiger partial charge on any atom is -0.300 e. The lowest BCUT2D eigenvalue weighted by molar-refractivity contribution is -0.118. The van der Waals surface area contributed by atoms with Crippen molar-refractivity contribution in [3.8, 4) is 0 Å². The summed E-state index contributed by atoms with van der Waals surface area (Å²) in [5.41, 5.74) is 0. The Hall–Kier alpha value is -1.52. The number of thioether (sulfide) groups is 2. The highest BCUT2D eigenvalue weighted by Crippen LogP contribution is 2.34. The van der Waals surface area contributed by atoms with Gasteiger partial charge in [-0.2, -0.15) is 4.99 Å². The van der Waals surface area contributed by atoms with Crippen LogP contribution in [0.2, 0.25) is 0 Å². The van der Waals surface area contributed by atoms with Crippen molar-refractivity contribution < 1.29 is 9.59 Å². The number of carbonyl (C=O) groups excluding carboxylic acids is 2. The number of rotatable bonds is 5. The fourth-order valence-corrected chi connectivity index (χ4v) is 4.25. The average Bonchev–Trinajstić information content (AvgIpc) is 3.04. The monoisotopic (exact) mass is 367 g/mol. The third-order valence-corrected chi connectivity index (χ3v) is 5.61. The molecule has 3 rings (SSSR count). The van der Waals surface area contributed by atoms with Crippen LogP contribution in [-0.4, -0.2) is 44.4 Å². The molecule has 0 aliphatic carbocycles. The van der Waals surface area contributed by atoms with Crippen molar-refractivity contribution in [2.24, 2.45) is 15.9 Å². The number of aryl methyl sites for hydroxylation is 1. The summed E-state index contributed by atoms with van der Waals surface area (Å²) < 4.78 is 0. The molecule has 3 heterocycles. The molecule has 1 aromatic heterocycles. The lowest BCUT2D eigenvalue weighted by Crippen LogP contribution is -2.24. The molecule has 0 radical (unpaired) electrons. The van der Waals surface area contributed by atoms with Gasteiger partial charge in [-0.05, 0) is 18.8 Å². The number of allylic oxidation sites excluding steroid dienone is 1. The molecule has 10 heteroatoms. The van der Waals surface area contributed by atoms with Gasteiger partial charge in [0.05, 0.1) is 16.5 Å². The molecule has 1 aromatic rings. The Kier molecular flexibility index (Phi) is 4.93. The van der Waals surface area contributed by atoms with Gasteiger partial charge in [-0.3, -0.25) is 14.9 Å². The van der Waals surface area contributed by atoms with Crippen LogP contribution in [0.15, 0.2) is 21.0 Å². The number of fused-ring (bicyclic) bond motifs is 1. The van der Waals surface area contributed by atoms with Crippen molar-refractivity contribution in [1.29, 1.82) is 0 Å². The maximum atomic E-state index is 11.9. The Morgan fingerprint density at radius 2 is 2.17 bits per heavy atom. The van der Waals surface area contributed by atoms with Crippen LogP contribution in [0, 0.1) is 12.8 Å². The first kappa shape index (κ1) is 16.3. The molecule has 23 heavy (non-hydrogen) atoms. The standard InChI is InChI=1S/C13H13N5O2S3/c1-6-3-8-11(20)14-9(15-12(8)22-6)4-21-5-10(19)16-13-18-17-7(2)23-13/h3,8H,4-5H2,1-2H3,(H,16,18,19). The molecule has 2 aliphatic rings. The van der Waals surface area contributed by atoms with Gasteiger partial charge in [0.25, 0.3) is 5.91 Å². The summed E-state index contributed by atoms with van der Waals surface area (Å²) in [6.45, 7) is 3.77. The first-order valence-electron chi connectivity index (χ1n) is 6.75. The summed E-state index contributed by atoms with van der Waals surface area (Å²) in [5.74, 6) is 0.490. The Balaban J connectivity index is 1.49. The summed E-state index contributed by atoms with van der Waals surface area (Å²) in [6.07, 6.45) is 1.89. The van der Waals surface area contributed by atoms with Gasteiger partial charge in [-0.25, -0.2) is 4.99 Å². The van der Waals surface area contributed by atoms with Crippen LogP contribution in [0.3, 0.4) is 0 Å². The first-order chi connectivity index (χ1) is 11.0. The van der Waals surface area contributed by atoms with E-state index < -0.39 is 0 Å². The summed E-state index contributed by atoms with van der Waals surface area (Å²) in [5, 5.41) is 12.4. The number of nitrogens with zero attached hydrogens (tertiary/aromatic N) is 4. The van der Waals surface area contributed by atoms with E-state index in [4.69, 9.17) is 0 Å². The molecular weight excluding hydrogens is 354 g/mol. The number of amidine groups is 1. The van der Waals surface area contributed by atoms with E-state index in [0.717, 1.165) is 15.0 Å². The molecule has 120 valence electrons. The van der Waals surface area contributed by atoms with E-state index in [9.17, 15) is 9.59 Å². The van der Waals surface area contributed by atoms with Crippen molar-refractivity contribution >= 4 is 62.7 Å². The number of hydrogen-bond acceptors (Lipinski definition) is 8. The maximum Gasteiger partial charge on any atom is 0.261 e. The third kappa shape index (κ3) is 4.06. The molecule has 0 saturated heterocycles. The van der Waals surface area contributed by atoms with Gasteiger partial charge in [0, 0.05) is 0 Å². The van der Waals surface area contributed by atoms with Crippen LogP contribution in [0.25, 0.3) is 0 Å². The summed E-state index contributed by atoms with van der Waals surface area (Å²) in [7, 11) is 0. The topological polar surface area (TPSA) is 96.7 Å². The lowest BCUT2D eigenvalue weighted by Gasteiger charge is -2.12. The van der Waals surface area contributed by atoms with Crippen LogP contribution in [0.1, 0.15) is 11.9 Å². The summed E-state index contributed by atoms with van der Waals surface area (Å²) in [6, 6.07) is 0. The normalized spacial score (nSPS) is 19.8. The lowest BCUT2D eigenvalue weighted by atomic mass is 10.1. The molecule has 0 spiro atoms. The van der Waals surface area contributed by atoms with Crippen molar-refractivity contribution in [2.45, 2.75) is 13.8 Å². The second-order valence-electron chi connectivity index (χ2n) is 4.84. The molecule has 1 unspecified atom stereocenters. The molecule has 0 bridgehead atoms. The first-order valence-corrected chi connectivity index (χ1v) is 9.54. The number of amides is 2. The van der Waals surface area contributed by atoms with E-state index in [1.807, 2.05) is 19.9 Å². The fraction of sp³-hybridized carbons (Fsp3) is 0.385. The van der Waals surface area contributed by atoms with E-state index in [1.54, 1.807) is 0 Å². The van der Waals surface area contributed by atoms with E-state index >= 15 is 0 Å². The Bertz CT molecular complexity index is 753. The van der Waals surface area contributed by atoms with Crippen LogP contribution in [0.4, 0.5) is 5.13 Å². The van der Waals surface area contributed by atoms with Gasteiger partial charge >= 0.3 is 0 Å². The number of carbonyl (C=O) groups is 2. The molecule has 0 fully saturated rings. The molecule has 7 nitrogen and oxygen atoms in total. The van der Waals surface area contributed by atoms with Crippen LogP contribution in [0.5, 0.6) is 0 Å². The van der Waals surface area contributed by atoms with Gasteiger partial charge in [-0.1, -0.05) is 29.2 Å². The quantitative estimate of drug-likeness (QED) is 0.856. The number of nitrogens with one attached hydrogen (secondary N) is 1. The van der Waals surface area contributed by atoms with Gasteiger partial charge < -0.3 is 0 Å². The minimum atomic E-state index is -0.308. The zero-order valence-electron chi connectivity index (χ0n) is 12.4. The number of aromatic nitrogens is 2. The molecule has 0 saturated carbocycles. The average molecular weight is 367 g/mol. The third-order valence-electron chi connectivity index (χ3n) is 2.91. The number of aliphatic imine (C=N–C) groups is 2. The van der Waals surface area contributed by atoms with Crippen LogP contribution < -0.4 is 5.32 Å². The molecule has 2 aliphatic heterocycles. The second-order valence-corrected chi connectivity index (χ2v) is 8.27. The zero-order valence-corrected chi connectivity index (χ0v) is 14.8. The van der Waals surface area contributed by atoms with Crippen LogP contribution in [-0.2, 0) is 9.59 Å². The highest BCUT2D eigenvalue weighted by Gasteiger charge is 2.32. The van der Waals surface area contributed by atoms with Crippen LogP contribution >= 0.6 is 34.9 Å². The summed E-state index contributed by atoms with van der Waals surface area (Å²) >= 11 is 4.19. The maximum absolute atomic E-state index is 11.9. The Labute approximate surface area is 145 Å². The Morgan fingerprint density at radius 1 is 1.35 bits per heavy atom. The SMILES string of the molecule is CC1=CC2C(=O)N=C(CSCC(=O)Nc3nnc(C)s3)N=C2S1. The van der Waals surface area contributed by atoms with E-state index in [2.05, 4.69) is 25.5 Å². The van der Waals surface area contributed by atoms with Gasteiger partial charge in [0.1, 0.15) is 16.8 Å². The van der Waals surface area contributed by atoms with Gasteiger partial charge in [0.2, 0.25) is 11.0 Å². The van der Waals surface area contributed by atoms with Crippen molar-refractivity contribution in [1.82, 2.24) is 10.2 Å². The number of anilines is 1. The molecule has 2 amide bonds. The fourth-order valence-electron chi connectivity index (χ4n) is 1.99. The van der Waals surface area contributed by atoms with Gasteiger partial charge in [-0.15, -0.1) is 22.0 Å². The smallest absolute Gasteiger partial charge is 0.261 e. The zero-order chi connectivity index (χ0) is 16.4. The molecule has 1 atom stereocenters. The van der Waals surface area contributed by atoms with E-state index in [0.29, 0.717) is 16.7 Å². The van der Waals surface area contributed by atoms with Gasteiger partial charge in [0.15, 0.2) is 0 Å². The van der Waals surface area contributed by atoms with E-state index in [1.165, 1.54) is 34.9 Å². The Morgan fingerprint density at radius 3 is 2.91 bits per heavy atom. The summed E-state index contributed by atoms with van der Waals surface area (Å²) in [4.78, 5) is 33.2. The number of hydrogen-bond donors (Lipinski definition) is 1. The van der Waals surface area contributed by atoms with Crippen molar-refractivity contribution in [3.63, 3.8) is 0 Å². The van der Waals surface area contributed by atoms with Crippen molar-refractivity contribution in [2.75, 3.05) is 16.8 Å². The second kappa shape index (κ2) is 6.93. The highest BCUT2D eigenvalue weighted by atomic mass is 32.2.